The number of nitrogens with one attached hydrogen (secondary N) is 2. The number of ether oxygens (including phenoxy) is 1. The molecule has 0 aliphatic carbocycles. The summed E-state index contributed by atoms with van der Waals surface area (Å²) in [7, 11) is 0. The number of para-hydroxylation sites is 1. The number of anilines is 2. The van der Waals surface area contributed by atoms with Gasteiger partial charge < -0.3 is 15.4 Å². The molecule has 144 valence electrons. The van der Waals surface area contributed by atoms with Crippen LogP contribution in [0.1, 0.15) is 5.56 Å². The second-order valence-electron chi connectivity index (χ2n) is 5.92. The molecular formula is C21H17F3N2O2. The average Bonchev–Trinajstić information content (AvgIpc) is 2.68. The van der Waals surface area contributed by atoms with Gasteiger partial charge in [0.1, 0.15) is 11.5 Å². The van der Waals surface area contributed by atoms with Crippen LogP contribution in [0, 0.1) is 0 Å². The van der Waals surface area contributed by atoms with Crippen LogP contribution in [0.5, 0.6) is 11.5 Å². The van der Waals surface area contributed by atoms with Gasteiger partial charge in [0.05, 0.1) is 12.1 Å². The van der Waals surface area contributed by atoms with Gasteiger partial charge in [0.2, 0.25) is 5.91 Å². The van der Waals surface area contributed by atoms with E-state index in [0.717, 1.165) is 12.1 Å². The molecule has 0 heterocycles. The fourth-order valence-corrected chi connectivity index (χ4v) is 2.43. The summed E-state index contributed by atoms with van der Waals surface area (Å²) in [6.45, 7) is -0.0882. The topological polar surface area (TPSA) is 50.4 Å². The highest BCUT2D eigenvalue weighted by Crippen LogP contribution is 2.30. The van der Waals surface area contributed by atoms with E-state index in [2.05, 4.69) is 10.6 Å². The van der Waals surface area contributed by atoms with Crippen molar-refractivity contribution in [3.8, 4) is 11.5 Å². The van der Waals surface area contributed by atoms with Crippen molar-refractivity contribution in [2.45, 2.75) is 6.18 Å². The van der Waals surface area contributed by atoms with Crippen LogP contribution >= 0.6 is 0 Å². The van der Waals surface area contributed by atoms with Gasteiger partial charge in [-0.3, -0.25) is 4.79 Å². The SMILES string of the molecule is O=C(CNc1ccc(Oc2ccccc2)cc1)Nc1cccc(C(F)(F)F)c1. The maximum Gasteiger partial charge on any atom is 0.416 e. The number of amides is 1. The van der Waals surface area contributed by atoms with Crippen LogP contribution in [0.15, 0.2) is 78.9 Å². The van der Waals surface area contributed by atoms with Crippen LogP contribution in [-0.2, 0) is 11.0 Å². The normalized spacial score (nSPS) is 11.0. The first-order chi connectivity index (χ1) is 13.4. The van der Waals surface area contributed by atoms with Gasteiger partial charge in [-0.15, -0.1) is 0 Å². The zero-order valence-electron chi connectivity index (χ0n) is 14.7. The van der Waals surface area contributed by atoms with Crippen LogP contribution in [0.4, 0.5) is 24.5 Å². The molecule has 0 aromatic heterocycles. The second-order valence-corrected chi connectivity index (χ2v) is 5.92. The van der Waals surface area contributed by atoms with Gasteiger partial charge in [-0.2, -0.15) is 13.2 Å². The summed E-state index contributed by atoms with van der Waals surface area (Å²) >= 11 is 0. The predicted molar refractivity (Wildman–Crippen MR) is 102 cm³/mol. The molecule has 28 heavy (non-hydrogen) atoms. The molecule has 3 aromatic rings. The molecule has 2 N–H and O–H groups in total. The molecule has 0 unspecified atom stereocenters. The molecule has 0 atom stereocenters. The highest BCUT2D eigenvalue weighted by atomic mass is 19.4. The van der Waals surface area contributed by atoms with E-state index in [-0.39, 0.29) is 12.2 Å². The Bertz CT molecular complexity index is 926. The lowest BCUT2D eigenvalue weighted by Crippen LogP contribution is -2.22. The summed E-state index contributed by atoms with van der Waals surface area (Å²) in [4.78, 5) is 12.0. The van der Waals surface area contributed by atoms with Crippen molar-refractivity contribution in [1.29, 1.82) is 0 Å². The lowest BCUT2D eigenvalue weighted by atomic mass is 10.2. The number of carbonyl (C=O) groups is 1. The minimum absolute atomic E-state index is 0.0882. The van der Waals surface area contributed by atoms with E-state index in [0.29, 0.717) is 17.2 Å². The smallest absolute Gasteiger partial charge is 0.416 e. The Morgan fingerprint density at radius 1 is 0.821 bits per heavy atom. The quantitative estimate of drug-likeness (QED) is 0.584. The lowest BCUT2D eigenvalue weighted by Gasteiger charge is -2.11. The Hall–Kier alpha value is -3.48. The molecule has 0 saturated heterocycles. The molecule has 7 heteroatoms. The molecule has 0 radical (unpaired) electrons. The largest absolute Gasteiger partial charge is 0.457 e. The third kappa shape index (κ3) is 5.51. The summed E-state index contributed by atoms with van der Waals surface area (Å²) in [5, 5.41) is 5.35. The number of hydrogen-bond acceptors (Lipinski definition) is 3. The molecular weight excluding hydrogens is 369 g/mol. The van der Waals surface area contributed by atoms with Gasteiger partial charge in [-0.05, 0) is 54.6 Å². The summed E-state index contributed by atoms with van der Waals surface area (Å²) < 4.78 is 43.8. The Morgan fingerprint density at radius 3 is 2.18 bits per heavy atom. The summed E-state index contributed by atoms with van der Waals surface area (Å²) in [6.07, 6.45) is -4.46. The van der Waals surface area contributed by atoms with Crippen molar-refractivity contribution in [2.75, 3.05) is 17.2 Å². The first-order valence-corrected chi connectivity index (χ1v) is 8.44. The van der Waals surface area contributed by atoms with Crippen molar-refractivity contribution >= 4 is 17.3 Å². The van der Waals surface area contributed by atoms with Crippen LogP contribution in [0.3, 0.4) is 0 Å². The predicted octanol–water partition coefficient (Wildman–Crippen LogP) is 5.55. The minimum atomic E-state index is -4.46. The van der Waals surface area contributed by atoms with Crippen LogP contribution in [-0.4, -0.2) is 12.5 Å². The minimum Gasteiger partial charge on any atom is -0.457 e. The summed E-state index contributed by atoms with van der Waals surface area (Å²) in [5.74, 6) is 0.901. The highest BCUT2D eigenvalue weighted by molar-refractivity contribution is 5.93. The van der Waals surface area contributed by atoms with Crippen molar-refractivity contribution < 1.29 is 22.7 Å². The first-order valence-electron chi connectivity index (χ1n) is 8.44. The molecule has 3 rings (SSSR count). The molecule has 0 fully saturated rings. The van der Waals surface area contributed by atoms with Gasteiger partial charge >= 0.3 is 6.18 Å². The van der Waals surface area contributed by atoms with Crippen molar-refractivity contribution in [3.05, 3.63) is 84.4 Å². The Balaban J connectivity index is 1.52. The number of halogens is 3. The zero-order chi connectivity index (χ0) is 20.0. The second kappa shape index (κ2) is 8.47. The number of hydrogen-bond donors (Lipinski definition) is 2. The maximum absolute atomic E-state index is 12.7. The van der Waals surface area contributed by atoms with Gasteiger partial charge in [0, 0.05) is 11.4 Å². The molecule has 0 aliphatic rings. The fourth-order valence-electron chi connectivity index (χ4n) is 2.43. The zero-order valence-corrected chi connectivity index (χ0v) is 14.7. The fraction of sp³-hybridized carbons (Fsp3) is 0.0952. The summed E-state index contributed by atoms with van der Waals surface area (Å²) in [5.41, 5.74) is -0.0416. The standard InChI is InChI=1S/C21H17F3N2O2/c22-21(23,24)15-5-4-6-17(13-15)26-20(27)14-25-16-9-11-19(12-10-16)28-18-7-2-1-3-8-18/h1-13,25H,14H2,(H,26,27). The lowest BCUT2D eigenvalue weighted by molar-refractivity contribution is -0.137. The van der Waals surface area contributed by atoms with E-state index in [1.165, 1.54) is 12.1 Å². The third-order valence-corrected chi connectivity index (χ3v) is 3.76. The Labute approximate surface area is 160 Å². The van der Waals surface area contributed by atoms with Crippen LogP contribution in [0.25, 0.3) is 0 Å². The number of carbonyl (C=O) groups excluding carboxylic acids is 1. The number of rotatable bonds is 6. The van der Waals surface area contributed by atoms with Gasteiger partial charge in [0.15, 0.2) is 0 Å². The van der Waals surface area contributed by atoms with E-state index in [1.54, 1.807) is 24.3 Å². The van der Waals surface area contributed by atoms with E-state index in [1.807, 2.05) is 30.3 Å². The molecule has 0 bridgehead atoms. The number of benzene rings is 3. The Kier molecular flexibility index (Phi) is 5.84. The molecule has 1 amide bonds. The van der Waals surface area contributed by atoms with Gasteiger partial charge in [-0.1, -0.05) is 24.3 Å². The van der Waals surface area contributed by atoms with Crippen molar-refractivity contribution in [1.82, 2.24) is 0 Å². The van der Waals surface area contributed by atoms with Crippen LogP contribution < -0.4 is 15.4 Å². The Morgan fingerprint density at radius 2 is 1.50 bits per heavy atom. The van der Waals surface area contributed by atoms with E-state index < -0.39 is 17.6 Å². The van der Waals surface area contributed by atoms with Gasteiger partial charge in [-0.25, -0.2) is 0 Å². The van der Waals surface area contributed by atoms with Gasteiger partial charge in [0.25, 0.3) is 0 Å². The average molecular weight is 386 g/mol. The molecule has 0 saturated carbocycles. The monoisotopic (exact) mass is 386 g/mol. The van der Waals surface area contributed by atoms with Crippen molar-refractivity contribution in [2.24, 2.45) is 0 Å². The molecule has 0 aliphatic heterocycles. The van der Waals surface area contributed by atoms with Crippen molar-refractivity contribution in [3.63, 3.8) is 0 Å². The summed E-state index contributed by atoms with van der Waals surface area (Å²) in [6, 6.07) is 20.8. The number of alkyl halides is 3. The molecule has 4 nitrogen and oxygen atoms in total. The van der Waals surface area contributed by atoms with Crippen LogP contribution in [0.2, 0.25) is 0 Å². The third-order valence-electron chi connectivity index (χ3n) is 3.76. The highest BCUT2D eigenvalue weighted by Gasteiger charge is 2.30. The van der Waals surface area contributed by atoms with E-state index in [9.17, 15) is 18.0 Å². The van der Waals surface area contributed by atoms with E-state index >= 15 is 0 Å². The first kappa shape index (κ1) is 19.3. The van der Waals surface area contributed by atoms with E-state index in [4.69, 9.17) is 4.74 Å². The maximum atomic E-state index is 12.7. The molecule has 0 spiro atoms. The molecule has 3 aromatic carbocycles.